The fourth-order valence-electron chi connectivity index (χ4n) is 2.47. The molecule has 19 heavy (non-hydrogen) atoms. The molecule has 0 amide bonds. The van der Waals surface area contributed by atoms with E-state index in [0.29, 0.717) is 5.69 Å². The summed E-state index contributed by atoms with van der Waals surface area (Å²) in [7, 11) is 1.92. The van der Waals surface area contributed by atoms with Gasteiger partial charge in [0, 0.05) is 19.8 Å². The molecule has 3 rings (SSSR count). The van der Waals surface area contributed by atoms with E-state index in [4.69, 9.17) is 5.26 Å². The number of hydrogen-bond acceptors (Lipinski definition) is 5. The van der Waals surface area contributed by atoms with Gasteiger partial charge in [-0.2, -0.15) is 10.4 Å². The number of aryl methyl sites for hydroxylation is 3. The Bertz CT molecular complexity index is 666. The first-order valence-electron chi connectivity index (χ1n) is 6.23. The van der Waals surface area contributed by atoms with Crippen LogP contribution in [0.4, 0.5) is 11.5 Å². The second-order valence-corrected chi connectivity index (χ2v) is 4.74. The highest BCUT2D eigenvalue weighted by molar-refractivity contribution is 5.65. The second-order valence-electron chi connectivity index (χ2n) is 4.74. The van der Waals surface area contributed by atoms with Gasteiger partial charge in [0.05, 0.1) is 11.4 Å². The van der Waals surface area contributed by atoms with Crippen LogP contribution >= 0.6 is 0 Å². The first kappa shape index (κ1) is 11.7. The molecule has 0 fully saturated rings. The first-order valence-corrected chi connectivity index (χ1v) is 6.23. The molecule has 96 valence electrons. The number of nitriles is 1. The van der Waals surface area contributed by atoms with E-state index in [2.05, 4.69) is 20.2 Å². The molecule has 2 aromatic rings. The van der Waals surface area contributed by atoms with Gasteiger partial charge in [0.25, 0.3) is 0 Å². The van der Waals surface area contributed by atoms with Gasteiger partial charge in [0.2, 0.25) is 0 Å². The molecular weight excluding hydrogens is 240 g/mol. The van der Waals surface area contributed by atoms with Crippen molar-refractivity contribution in [2.24, 2.45) is 7.05 Å². The summed E-state index contributed by atoms with van der Waals surface area (Å²) >= 11 is 0. The van der Waals surface area contributed by atoms with Crippen LogP contribution in [-0.2, 0) is 13.5 Å². The van der Waals surface area contributed by atoms with E-state index in [-0.39, 0.29) is 0 Å². The average Bonchev–Trinajstić information content (AvgIpc) is 2.78. The van der Waals surface area contributed by atoms with Crippen LogP contribution in [0.3, 0.4) is 0 Å². The average molecular weight is 254 g/mol. The van der Waals surface area contributed by atoms with Crippen molar-refractivity contribution in [3.63, 3.8) is 0 Å². The van der Waals surface area contributed by atoms with Gasteiger partial charge in [-0.25, -0.2) is 0 Å². The molecule has 0 saturated carbocycles. The maximum Gasteiger partial charge on any atom is 0.163 e. The molecule has 1 aliphatic rings. The van der Waals surface area contributed by atoms with Gasteiger partial charge < -0.3 is 4.90 Å². The van der Waals surface area contributed by atoms with Crippen molar-refractivity contribution in [2.45, 2.75) is 19.8 Å². The normalized spacial score (nSPS) is 14.1. The zero-order valence-corrected chi connectivity index (χ0v) is 11.0. The van der Waals surface area contributed by atoms with Crippen LogP contribution in [0, 0.1) is 18.3 Å². The molecule has 6 nitrogen and oxygen atoms in total. The fraction of sp³-hybridized carbons (Fsp3) is 0.385. The largest absolute Gasteiger partial charge is 0.322 e. The number of aromatic nitrogens is 4. The maximum absolute atomic E-state index is 8.84. The van der Waals surface area contributed by atoms with Gasteiger partial charge >= 0.3 is 0 Å². The summed E-state index contributed by atoms with van der Waals surface area (Å²) in [4.78, 5) is 2.13. The summed E-state index contributed by atoms with van der Waals surface area (Å²) in [5.41, 5.74) is 3.50. The van der Waals surface area contributed by atoms with Crippen molar-refractivity contribution in [3.05, 3.63) is 29.2 Å². The lowest BCUT2D eigenvalue weighted by atomic mass is 10.1. The molecular formula is C13H14N6. The molecule has 0 bridgehead atoms. The number of fused-ring (bicyclic) bond motifs is 1. The lowest BCUT2D eigenvalue weighted by molar-refractivity contribution is 0.705. The minimum atomic E-state index is 0.352. The van der Waals surface area contributed by atoms with E-state index in [9.17, 15) is 0 Å². The first-order chi connectivity index (χ1) is 9.19. The summed E-state index contributed by atoms with van der Waals surface area (Å²) in [5.74, 6) is 0.813. The Balaban J connectivity index is 2.06. The summed E-state index contributed by atoms with van der Waals surface area (Å²) in [6.45, 7) is 2.86. The van der Waals surface area contributed by atoms with E-state index < -0.39 is 0 Å². The monoisotopic (exact) mass is 254 g/mol. The van der Waals surface area contributed by atoms with Crippen LogP contribution in [0.15, 0.2) is 12.3 Å². The Morgan fingerprint density at radius 1 is 1.37 bits per heavy atom. The zero-order valence-electron chi connectivity index (χ0n) is 11.0. The SMILES string of the molecule is Cc1cc(C#N)nnc1N1CCCc2nn(C)cc21. The maximum atomic E-state index is 8.84. The highest BCUT2D eigenvalue weighted by Gasteiger charge is 2.23. The topological polar surface area (TPSA) is 70.6 Å². The molecule has 0 aliphatic carbocycles. The molecule has 0 saturated heterocycles. The van der Waals surface area contributed by atoms with Crippen LogP contribution in [0.25, 0.3) is 0 Å². The molecule has 0 unspecified atom stereocenters. The summed E-state index contributed by atoms with van der Waals surface area (Å²) < 4.78 is 1.83. The van der Waals surface area contributed by atoms with Crippen LogP contribution in [0.2, 0.25) is 0 Å². The molecule has 3 heterocycles. The van der Waals surface area contributed by atoms with Crippen molar-refractivity contribution in [1.82, 2.24) is 20.0 Å². The molecule has 2 aromatic heterocycles. The van der Waals surface area contributed by atoms with E-state index in [1.54, 1.807) is 6.07 Å². The smallest absolute Gasteiger partial charge is 0.163 e. The Kier molecular flexibility index (Phi) is 2.67. The standard InChI is InChI=1S/C13H14N6/c1-9-6-10(7-14)15-16-13(9)19-5-3-4-11-12(19)8-18(2)17-11/h6,8H,3-5H2,1-2H3. The van der Waals surface area contributed by atoms with Gasteiger partial charge in [-0.15, -0.1) is 10.2 Å². The minimum absolute atomic E-state index is 0.352. The molecule has 6 heteroatoms. The fourth-order valence-corrected chi connectivity index (χ4v) is 2.47. The summed E-state index contributed by atoms with van der Waals surface area (Å²) in [6, 6.07) is 3.78. The number of hydrogen-bond donors (Lipinski definition) is 0. The molecule has 0 aromatic carbocycles. The summed E-state index contributed by atoms with van der Waals surface area (Å²) in [5, 5.41) is 21.4. The van der Waals surface area contributed by atoms with Crippen molar-refractivity contribution < 1.29 is 0 Å². The highest BCUT2D eigenvalue weighted by Crippen LogP contribution is 2.32. The van der Waals surface area contributed by atoms with Gasteiger partial charge in [-0.3, -0.25) is 4.68 Å². The minimum Gasteiger partial charge on any atom is -0.322 e. The Hall–Kier alpha value is -2.42. The Morgan fingerprint density at radius 3 is 2.95 bits per heavy atom. The third kappa shape index (κ3) is 1.93. The van der Waals surface area contributed by atoms with E-state index in [1.807, 2.05) is 30.9 Å². The number of rotatable bonds is 1. The predicted octanol–water partition coefficient (Wildman–Crippen LogP) is 1.47. The van der Waals surface area contributed by atoms with Gasteiger partial charge in [0.15, 0.2) is 11.5 Å². The van der Waals surface area contributed by atoms with Gasteiger partial charge in [-0.05, 0) is 31.4 Å². The van der Waals surface area contributed by atoms with E-state index in [1.165, 1.54) is 0 Å². The lowest BCUT2D eigenvalue weighted by Crippen LogP contribution is -2.25. The Labute approximate surface area is 111 Å². The second kappa shape index (κ2) is 4.35. The number of nitrogens with zero attached hydrogens (tertiary/aromatic N) is 6. The van der Waals surface area contributed by atoms with Crippen LogP contribution < -0.4 is 4.90 Å². The van der Waals surface area contributed by atoms with Crippen molar-refractivity contribution in [3.8, 4) is 6.07 Å². The molecule has 0 N–H and O–H groups in total. The quantitative estimate of drug-likeness (QED) is 0.770. The van der Waals surface area contributed by atoms with Crippen molar-refractivity contribution >= 4 is 11.5 Å². The number of anilines is 2. The third-order valence-electron chi connectivity index (χ3n) is 3.30. The predicted molar refractivity (Wildman–Crippen MR) is 70.0 cm³/mol. The Morgan fingerprint density at radius 2 is 2.21 bits per heavy atom. The van der Waals surface area contributed by atoms with E-state index >= 15 is 0 Å². The summed E-state index contributed by atoms with van der Waals surface area (Å²) in [6.07, 6.45) is 4.05. The third-order valence-corrected chi connectivity index (χ3v) is 3.30. The molecule has 0 radical (unpaired) electrons. The van der Waals surface area contributed by atoms with Crippen LogP contribution in [0.5, 0.6) is 0 Å². The molecule has 0 spiro atoms. The zero-order chi connectivity index (χ0) is 13.4. The van der Waals surface area contributed by atoms with Crippen LogP contribution in [-0.4, -0.2) is 26.5 Å². The van der Waals surface area contributed by atoms with Gasteiger partial charge in [0.1, 0.15) is 6.07 Å². The molecule has 0 atom stereocenters. The van der Waals surface area contributed by atoms with Crippen molar-refractivity contribution in [1.29, 1.82) is 5.26 Å². The van der Waals surface area contributed by atoms with Crippen molar-refractivity contribution in [2.75, 3.05) is 11.4 Å². The molecule has 1 aliphatic heterocycles. The van der Waals surface area contributed by atoms with E-state index in [0.717, 1.165) is 42.1 Å². The lowest BCUT2D eigenvalue weighted by Gasteiger charge is -2.27. The van der Waals surface area contributed by atoms with Gasteiger partial charge in [-0.1, -0.05) is 0 Å². The highest BCUT2D eigenvalue weighted by atomic mass is 15.3. The van der Waals surface area contributed by atoms with Crippen LogP contribution in [0.1, 0.15) is 23.4 Å².